The fourth-order valence-electron chi connectivity index (χ4n) is 3.45. The van der Waals surface area contributed by atoms with Crippen LogP contribution in [-0.2, 0) is 14.4 Å². The number of amides is 3. The Morgan fingerprint density at radius 3 is 2.38 bits per heavy atom. The zero-order valence-corrected chi connectivity index (χ0v) is 14.5. The lowest BCUT2D eigenvalue weighted by Gasteiger charge is -2.36. The van der Waals surface area contributed by atoms with Gasteiger partial charge in [-0.2, -0.15) is 0 Å². The number of piperidine rings is 1. The lowest BCUT2D eigenvalue weighted by atomic mass is 9.99. The molecule has 0 unspecified atom stereocenters. The van der Waals surface area contributed by atoms with Gasteiger partial charge in [-0.05, 0) is 19.3 Å². The number of β-amino-alcohol motifs (C(OH)–C–C–N with tert-alkyl or cyclic N) is 1. The number of aliphatic hydroxyl groups is 1. The molecule has 1 atom stereocenters. The van der Waals surface area contributed by atoms with Crippen molar-refractivity contribution in [2.45, 2.75) is 44.8 Å². The highest BCUT2D eigenvalue weighted by Gasteiger charge is 2.39. The summed E-state index contributed by atoms with van der Waals surface area (Å²) in [5.41, 5.74) is -0.896. The maximum Gasteiger partial charge on any atom is 0.242 e. The van der Waals surface area contributed by atoms with Crippen LogP contribution < -0.4 is 10.6 Å². The molecule has 2 aliphatic rings. The van der Waals surface area contributed by atoms with E-state index in [9.17, 15) is 19.5 Å². The van der Waals surface area contributed by atoms with Crippen molar-refractivity contribution in [1.82, 2.24) is 20.4 Å². The van der Waals surface area contributed by atoms with Crippen molar-refractivity contribution in [3.05, 3.63) is 0 Å². The Kier molecular flexibility index (Phi) is 6.17. The van der Waals surface area contributed by atoms with Gasteiger partial charge < -0.3 is 25.5 Å². The Hall–Kier alpha value is -1.67. The average Bonchev–Trinajstić information content (AvgIpc) is 2.88. The molecule has 2 heterocycles. The molecule has 0 aromatic rings. The van der Waals surface area contributed by atoms with Gasteiger partial charge >= 0.3 is 0 Å². The summed E-state index contributed by atoms with van der Waals surface area (Å²) < 4.78 is 0. The molecule has 8 heteroatoms. The first-order valence-electron chi connectivity index (χ1n) is 8.51. The largest absolute Gasteiger partial charge is 0.387 e. The average molecular weight is 340 g/mol. The molecule has 0 saturated carbocycles. The van der Waals surface area contributed by atoms with E-state index in [-0.39, 0.29) is 30.3 Å². The second-order valence-electron chi connectivity index (χ2n) is 6.95. The molecule has 136 valence electrons. The Bertz CT molecular complexity index is 490. The van der Waals surface area contributed by atoms with Gasteiger partial charge in [0.25, 0.3) is 0 Å². The van der Waals surface area contributed by atoms with Crippen LogP contribution in [-0.4, -0.2) is 83.5 Å². The molecule has 2 saturated heterocycles. The van der Waals surface area contributed by atoms with Gasteiger partial charge in [-0.1, -0.05) is 0 Å². The molecule has 0 aromatic carbocycles. The predicted octanol–water partition coefficient (Wildman–Crippen LogP) is -1.31. The summed E-state index contributed by atoms with van der Waals surface area (Å²) in [6.45, 7) is 5.88. The summed E-state index contributed by atoms with van der Waals surface area (Å²) in [6, 6.07) is 0.215. The van der Waals surface area contributed by atoms with Crippen LogP contribution in [0.1, 0.15) is 33.1 Å². The molecule has 24 heavy (non-hydrogen) atoms. The van der Waals surface area contributed by atoms with Crippen molar-refractivity contribution >= 4 is 17.7 Å². The summed E-state index contributed by atoms with van der Waals surface area (Å²) in [6.07, 6.45) is 2.30. The molecule has 0 aromatic heterocycles. The van der Waals surface area contributed by atoms with Gasteiger partial charge in [-0.15, -0.1) is 0 Å². The lowest BCUT2D eigenvalue weighted by molar-refractivity contribution is -0.132. The van der Waals surface area contributed by atoms with Gasteiger partial charge in [0.05, 0.1) is 18.7 Å². The smallest absolute Gasteiger partial charge is 0.242 e. The molecule has 8 nitrogen and oxygen atoms in total. The van der Waals surface area contributed by atoms with Gasteiger partial charge in [-0.3, -0.25) is 14.4 Å². The predicted molar refractivity (Wildman–Crippen MR) is 88.1 cm³/mol. The van der Waals surface area contributed by atoms with Crippen molar-refractivity contribution < 1.29 is 19.5 Å². The summed E-state index contributed by atoms with van der Waals surface area (Å²) >= 11 is 0. The zero-order valence-electron chi connectivity index (χ0n) is 14.5. The van der Waals surface area contributed by atoms with Crippen LogP contribution in [0.5, 0.6) is 0 Å². The van der Waals surface area contributed by atoms with E-state index in [0.29, 0.717) is 26.1 Å². The third-order valence-corrected chi connectivity index (χ3v) is 4.69. The van der Waals surface area contributed by atoms with Gasteiger partial charge in [0, 0.05) is 46.1 Å². The number of hydrogen-bond acceptors (Lipinski definition) is 5. The van der Waals surface area contributed by atoms with E-state index in [0.717, 1.165) is 25.9 Å². The van der Waals surface area contributed by atoms with E-state index in [1.165, 1.54) is 13.8 Å². The minimum atomic E-state index is -0.896. The molecule has 2 aliphatic heterocycles. The monoisotopic (exact) mass is 340 g/mol. The highest BCUT2D eigenvalue weighted by Crippen LogP contribution is 2.24. The standard InChI is InChI=1S/C16H28N4O4/c1-12(21)17-9-15(23)20-8-5-16(24,11-20)10-19-6-3-14(4-7-19)18-13(2)22/h14,24H,3-11H2,1-2H3,(H,17,21)(H,18,22)/t16-/m0/s1. The number of carbonyl (C=O) groups excluding carboxylic acids is 3. The third-order valence-electron chi connectivity index (χ3n) is 4.69. The van der Waals surface area contributed by atoms with Crippen LogP contribution in [0.2, 0.25) is 0 Å². The van der Waals surface area contributed by atoms with Gasteiger partial charge in [0.2, 0.25) is 17.7 Å². The highest BCUT2D eigenvalue weighted by molar-refractivity contribution is 5.83. The molecule has 0 aliphatic carbocycles. The van der Waals surface area contributed by atoms with Gasteiger partial charge in [0.1, 0.15) is 0 Å². The minimum Gasteiger partial charge on any atom is -0.387 e. The highest BCUT2D eigenvalue weighted by atomic mass is 16.3. The summed E-state index contributed by atoms with van der Waals surface area (Å²) in [5.74, 6) is -0.401. The molecular weight excluding hydrogens is 312 g/mol. The number of likely N-dealkylation sites (tertiary alicyclic amines) is 2. The molecular formula is C16H28N4O4. The number of nitrogens with zero attached hydrogens (tertiary/aromatic N) is 2. The molecule has 0 spiro atoms. The lowest BCUT2D eigenvalue weighted by Crippen LogP contribution is -2.51. The van der Waals surface area contributed by atoms with Crippen molar-refractivity contribution in [3.8, 4) is 0 Å². The number of hydrogen-bond donors (Lipinski definition) is 3. The Balaban J connectivity index is 1.76. The van der Waals surface area contributed by atoms with E-state index in [1.54, 1.807) is 4.90 Å². The van der Waals surface area contributed by atoms with E-state index < -0.39 is 5.60 Å². The topological polar surface area (TPSA) is 102 Å². The van der Waals surface area contributed by atoms with Gasteiger partial charge in [-0.25, -0.2) is 0 Å². The van der Waals surface area contributed by atoms with Crippen LogP contribution in [0, 0.1) is 0 Å². The number of nitrogens with one attached hydrogen (secondary N) is 2. The van der Waals surface area contributed by atoms with Crippen LogP contribution in [0.4, 0.5) is 0 Å². The molecule has 0 bridgehead atoms. The molecule has 3 amide bonds. The van der Waals surface area contributed by atoms with Crippen molar-refractivity contribution in [3.63, 3.8) is 0 Å². The summed E-state index contributed by atoms with van der Waals surface area (Å²) in [5, 5.41) is 16.2. The number of carbonyl (C=O) groups is 3. The number of rotatable bonds is 5. The van der Waals surface area contributed by atoms with Crippen LogP contribution in [0.15, 0.2) is 0 Å². The first kappa shape index (κ1) is 18.7. The fourth-order valence-corrected chi connectivity index (χ4v) is 3.45. The molecule has 2 fully saturated rings. The quantitative estimate of drug-likeness (QED) is 0.577. The molecule has 2 rings (SSSR count). The Morgan fingerprint density at radius 1 is 1.12 bits per heavy atom. The zero-order chi connectivity index (χ0) is 17.7. The second kappa shape index (κ2) is 7.94. The van der Waals surface area contributed by atoms with Crippen molar-refractivity contribution in [1.29, 1.82) is 0 Å². The molecule has 3 N–H and O–H groups in total. The van der Waals surface area contributed by atoms with Crippen molar-refractivity contribution in [2.75, 3.05) is 39.3 Å². The van der Waals surface area contributed by atoms with E-state index in [2.05, 4.69) is 15.5 Å². The van der Waals surface area contributed by atoms with Crippen molar-refractivity contribution in [2.24, 2.45) is 0 Å². The van der Waals surface area contributed by atoms with Crippen LogP contribution in [0.25, 0.3) is 0 Å². The second-order valence-corrected chi connectivity index (χ2v) is 6.95. The third kappa shape index (κ3) is 5.45. The van der Waals surface area contributed by atoms with Crippen LogP contribution in [0.3, 0.4) is 0 Å². The Labute approximate surface area is 142 Å². The fraction of sp³-hybridized carbons (Fsp3) is 0.812. The minimum absolute atomic E-state index is 0.00352. The first-order valence-corrected chi connectivity index (χ1v) is 8.51. The van der Waals surface area contributed by atoms with Crippen LogP contribution >= 0.6 is 0 Å². The van der Waals surface area contributed by atoms with Gasteiger partial charge in [0.15, 0.2) is 0 Å². The Morgan fingerprint density at radius 2 is 1.79 bits per heavy atom. The first-order chi connectivity index (χ1) is 11.3. The summed E-state index contributed by atoms with van der Waals surface area (Å²) in [4.78, 5) is 37.8. The maximum atomic E-state index is 12.0. The van der Waals surface area contributed by atoms with E-state index in [4.69, 9.17) is 0 Å². The van der Waals surface area contributed by atoms with E-state index >= 15 is 0 Å². The SMILES string of the molecule is CC(=O)NCC(=O)N1CC[C@](O)(CN2CCC(NC(C)=O)CC2)C1. The summed E-state index contributed by atoms with van der Waals surface area (Å²) in [7, 11) is 0. The maximum absolute atomic E-state index is 12.0. The normalized spacial score (nSPS) is 25.5. The van der Waals surface area contributed by atoms with E-state index in [1.807, 2.05) is 0 Å². The molecule has 0 radical (unpaired) electrons.